The van der Waals surface area contributed by atoms with Crippen molar-refractivity contribution in [2.75, 3.05) is 0 Å². The molecule has 0 fully saturated rings. The zero-order valence-corrected chi connectivity index (χ0v) is 4.67. The Balaban J connectivity index is 0. The van der Waals surface area contributed by atoms with Gasteiger partial charge in [0.25, 0.3) is 0 Å². The SMILES string of the molecule is O=P(O)(O)O.OCl. The summed E-state index contributed by atoms with van der Waals surface area (Å²) in [5.74, 6) is 0. The van der Waals surface area contributed by atoms with Crippen molar-refractivity contribution in [1.29, 1.82) is 0 Å². The summed E-state index contributed by atoms with van der Waals surface area (Å²) in [6, 6.07) is 0. The van der Waals surface area contributed by atoms with Gasteiger partial charge in [0.1, 0.15) is 0 Å². The highest BCUT2D eigenvalue weighted by Crippen LogP contribution is 2.25. The fourth-order valence-electron chi connectivity index (χ4n) is 0. The highest BCUT2D eigenvalue weighted by Gasteiger charge is 2.00. The van der Waals surface area contributed by atoms with Gasteiger partial charge in [-0.15, -0.1) is 0 Å². The number of hydrogen-bond donors (Lipinski definition) is 4. The lowest BCUT2D eigenvalue weighted by Crippen LogP contribution is -1.66. The van der Waals surface area contributed by atoms with Gasteiger partial charge in [-0.3, -0.25) is 4.66 Å². The molecule has 0 spiro atoms. The maximum atomic E-state index is 8.88. The fourth-order valence-corrected chi connectivity index (χ4v) is 0. The predicted molar refractivity (Wildman–Crippen MR) is 22.3 cm³/mol. The Morgan fingerprint density at radius 1 is 1.14 bits per heavy atom. The van der Waals surface area contributed by atoms with Gasteiger partial charge in [0.05, 0.1) is 11.9 Å². The van der Waals surface area contributed by atoms with Crippen molar-refractivity contribution in [1.82, 2.24) is 0 Å². The maximum absolute atomic E-state index is 8.88. The van der Waals surface area contributed by atoms with Gasteiger partial charge in [-0.1, -0.05) is 0 Å². The second-order valence-corrected chi connectivity index (χ2v) is 1.54. The minimum Gasteiger partial charge on any atom is -0.303 e. The van der Waals surface area contributed by atoms with Crippen molar-refractivity contribution in [3.63, 3.8) is 0 Å². The standard InChI is InChI=1S/ClHO.H3O4P/c1-2;1-5(2,3)4/h2H;(H3,1,2,3,4). The molecule has 0 radical (unpaired) electrons. The van der Waals surface area contributed by atoms with E-state index in [0.717, 1.165) is 0 Å². The van der Waals surface area contributed by atoms with Crippen molar-refractivity contribution >= 4 is 19.7 Å². The van der Waals surface area contributed by atoms with E-state index in [9.17, 15) is 0 Å². The molecule has 0 heterocycles. The molecule has 0 aromatic carbocycles. The molecular formula is H4ClO5P. The summed E-state index contributed by atoms with van der Waals surface area (Å²) in [6.07, 6.45) is 0. The van der Waals surface area contributed by atoms with E-state index in [4.69, 9.17) is 23.9 Å². The van der Waals surface area contributed by atoms with Crippen LogP contribution in [-0.4, -0.2) is 19.3 Å². The van der Waals surface area contributed by atoms with Crippen LogP contribution in [0.15, 0.2) is 0 Å². The Kier molecular flexibility index (Phi) is 6.69. The first kappa shape index (κ1) is 10.4. The summed E-state index contributed by atoms with van der Waals surface area (Å²) in [5.41, 5.74) is 0. The number of hydrogen-bond acceptors (Lipinski definition) is 2. The maximum Gasteiger partial charge on any atom is 0.466 e. The van der Waals surface area contributed by atoms with E-state index in [2.05, 4.69) is 11.9 Å². The summed E-state index contributed by atoms with van der Waals surface area (Å²) >= 11 is 3.64. The Labute approximate surface area is 44.6 Å². The van der Waals surface area contributed by atoms with Crippen molar-refractivity contribution in [3.05, 3.63) is 0 Å². The van der Waals surface area contributed by atoms with Gasteiger partial charge in [-0.05, 0) is 0 Å². The Morgan fingerprint density at radius 2 is 1.14 bits per heavy atom. The Bertz CT molecular complexity index is 54.2. The first-order valence-corrected chi connectivity index (χ1v) is 2.85. The lowest BCUT2D eigenvalue weighted by molar-refractivity contribution is 0.275. The number of rotatable bonds is 0. The summed E-state index contributed by atoms with van der Waals surface area (Å²) < 4.78 is 15.4. The zero-order chi connectivity index (χ0) is 6.50. The van der Waals surface area contributed by atoms with E-state index in [1.165, 1.54) is 0 Å². The smallest absolute Gasteiger partial charge is 0.303 e. The molecule has 0 saturated heterocycles. The molecule has 0 bridgehead atoms. The quantitative estimate of drug-likeness (QED) is 0.339. The molecule has 46 valence electrons. The van der Waals surface area contributed by atoms with E-state index in [-0.39, 0.29) is 0 Å². The van der Waals surface area contributed by atoms with Gasteiger partial charge in [0, 0.05) is 0 Å². The molecule has 0 rings (SSSR count). The first-order valence-electron chi connectivity index (χ1n) is 0.952. The van der Waals surface area contributed by atoms with Gasteiger partial charge in [-0.2, -0.15) is 0 Å². The van der Waals surface area contributed by atoms with E-state index >= 15 is 0 Å². The van der Waals surface area contributed by atoms with Gasteiger partial charge >= 0.3 is 7.82 Å². The monoisotopic (exact) mass is 150 g/mol. The topological polar surface area (TPSA) is 98.0 Å². The second-order valence-electron chi connectivity index (χ2n) is 0.513. The third-order valence-corrected chi connectivity index (χ3v) is 0. The molecule has 5 nitrogen and oxygen atoms in total. The van der Waals surface area contributed by atoms with Crippen molar-refractivity contribution in [3.8, 4) is 0 Å². The Hall–Kier alpha value is 0.360. The molecule has 4 N–H and O–H groups in total. The summed E-state index contributed by atoms with van der Waals surface area (Å²) in [6.45, 7) is 0. The lowest BCUT2D eigenvalue weighted by atomic mass is 15.8. The highest BCUT2D eigenvalue weighted by molar-refractivity contribution is 7.45. The molecule has 0 unspecified atom stereocenters. The minimum atomic E-state index is -4.64. The predicted octanol–water partition coefficient (Wildman–Crippen LogP) is -0.796. The van der Waals surface area contributed by atoms with Gasteiger partial charge < -0.3 is 14.7 Å². The van der Waals surface area contributed by atoms with Crippen LogP contribution < -0.4 is 0 Å². The highest BCUT2D eigenvalue weighted by atomic mass is 35.5. The summed E-state index contributed by atoms with van der Waals surface area (Å²) in [4.78, 5) is 21.6. The number of phosphoric acid groups is 1. The third-order valence-electron chi connectivity index (χ3n) is 0. The molecule has 0 atom stereocenters. The van der Waals surface area contributed by atoms with Crippen LogP contribution in [0, 0.1) is 0 Å². The van der Waals surface area contributed by atoms with Crippen LogP contribution in [0.4, 0.5) is 0 Å². The van der Waals surface area contributed by atoms with Crippen molar-refractivity contribution < 1.29 is 23.9 Å². The Morgan fingerprint density at radius 3 is 1.14 bits per heavy atom. The zero-order valence-electron chi connectivity index (χ0n) is 3.02. The van der Waals surface area contributed by atoms with E-state index < -0.39 is 7.82 Å². The van der Waals surface area contributed by atoms with Crippen LogP contribution in [0.1, 0.15) is 0 Å². The molecule has 0 aromatic rings. The van der Waals surface area contributed by atoms with Crippen LogP contribution in [0.25, 0.3) is 0 Å². The van der Waals surface area contributed by atoms with Gasteiger partial charge in [-0.25, -0.2) is 4.57 Å². The average molecular weight is 150 g/mol. The third kappa shape index (κ3) is 933. The van der Waals surface area contributed by atoms with Crippen LogP contribution in [0.2, 0.25) is 0 Å². The average Bonchev–Trinajstić information content (AvgIpc) is 1.36. The summed E-state index contributed by atoms with van der Waals surface area (Å²) in [7, 11) is -4.64. The van der Waals surface area contributed by atoms with E-state index in [0.29, 0.717) is 0 Å². The first-order chi connectivity index (χ1) is 3.00. The molecule has 0 amide bonds. The molecule has 7 heteroatoms. The van der Waals surface area contributed by atoms with E-state index in [1.807, 2.05) is 0 Å². The largest absolute Gasteiger partial charge is 0.466 e. The molecular weight excluding hydrogens is 146 g/mol. The van der Waals surface area contributed by atoms with Crippen LogP contribution in [-0.2, 0) is 4.57 Å². The summed E-state index contributed by atoms with van der Waals surface area (Å²) in [5, 5.41) is 0. The van der Waals surface area contributed by atoms with Crippen LogP contribution >= 0.6 is 19.7 Å². The van der Waals surface area contributed by atoms with Gasteiger partial charge in [0.2, 0.25) is 0 Å². The molecule has 0 saturated carbocycles. The lowest BCUT2D eigenvalue weighted by Gasteiger charge is -1.82. The fraction of sp³-hybridized carbons (Fsp3) is 0. The van der Waals surface area contributed by atoms with Gasteiger partial charge in [0.15, 0.2) is 0 Å². The van der Waals surface area contributed by atoms with E-state index in [1.54, 1.807) is 0 Å². The second kappa shape index (κ2) is 4.52. The molecule has 0 aliphatic rings. The minimum absolute atomic E-state index is 3.64. The van der Waals surface area contributed by atoms with Crippen LogP contribution in [0.3, 0.4) is 0 Å². The van der Waals surface area contributed by atoms with Crippen molar-refractivity contribution in [2.45, 2.75) is 0 Å². The number of halogens is 1. The molecule has 0 aromatic heterocycles. The molecule has 0 aliphatic heterocycles. The normalized spacial score (nSPS) is 9.29. The van der Waals surface area contributed by atoms with Crippen LogP contribution in [0.5, 0.6) is 0 Å². The van der Waals surface area contributed by atoms with Crippen molar-refractivity contribution in [2.24, 2.45) is 0 Å². The molecule has 0 aliphatic carbocycles. The molecule has 7 heavy (non-hydrogen) atoms.